The molecule has 0 spiro atoms. The third-order valence-electron chi connectivity index (χ3n) is 4.25. The first-order chi connectivity index (χ1) is 11.1. The van der Waals surface area contributed by atoms with E-state index in [1.54, 1.807) is 5.51 Å². The van der Waals surface area contributed by atoms with Gasteiger partial charge in [-0.05, 0) is 40.3 Å². The van der Waals surface area contributed by atoms with Crippen LogP contribution >= 0.6 is 11.3 Å². The maximum Gasteiger partial charge on any atom is 0.263 e. The van der Waals surface area contributed by atoms with Crippen molar-refractivity contribution in [3.63, 3.8) is 0 Å². The van der Waals surface area contributed by atoms with E-state index in [2.05, 4.69) is 32.2 Å². The van der Waals surface area contributed by atoms with Gasteiger partial charge in [-0.15, -0.1) is 11.3 Å². The number of aryl methyl sites for hydroxylation is 2. The second-order valence-corrected chi connectivity index (χ2v) is 6.77. The summed E-state index contributed by atoms with van der Waals surface area (Å²) in [5, 5.41) is 2.97. The van der Waals surface area contributed by atoms with Gasteiger partial charge in [-0.2, -0.15) is 0 Å². The number of rotatable bonds is 4. The van der Waals surface area contributed by atoms with Gasteiger partial charge in [0.2, 0.25) is 0 Å². The van der Waals surface area contributed by atoms with Crippen LogP contribution in [-0.2, 0) is 6.54 Å². The topological polar surface area (TPSA) is 71.0 Å². The number of hydrogen-bond donors (Lipinski definition) is 1. The minimum absolute atomic E-state index is 0.0868. The van der Waals surface area contributed by atoms with Gasteiger partial charge < -0.3 is 5.32 Å². The molecule has 0 bridgehead atoms. The lowest BCUT2D eigenvalue weighted by Crippen LogP contribution is -2.26. The molecule has 122 valence electrons. The summed E-state index contributed by atoms with van der Waals surface area (Å²) in [4.78, 5) is 28.3. The summed E-state index contributed by atoms with van der Waals surface area (Å²) in [5.41, 5.74) is 4.49. The Kier molecular flexibility index (Phi) is 4.68. The summed E-state index contributed by atoms with van der Waals surface area (Å²) in [7, 11) is 2.12. The summed E-state index contributed by atoms with van der Waals surface area (Å²) in [6, 6.07) is 0.314. The minimum Gasteiger partial charge on any atom is -0.347 e. The fraction of sp³-hybridized carbons (Fsp3) is 0.500. The van der Waals surface area contributed by atoms with E-state index in [-0.39, 0.29) is 5.91 Å². The molecule has 2 aromatic rings. The number of aromatic nitrogens is 3. The molecule has 1 N–H and O–H groups in total. The van der Waals surface area contributed by atoms with Gasteiger partial charge in [0, 0.05) is 18.3 Å². The van der Waals surface area contributed by atoms with Gasteiger partial charge in [0.25, 0.3) is 5.91 Å². The first kappa shape index (κ1) is 16.0. The molecule has 3 heterocycles. The van der Waals surface area contributed by atoms with Crippen LogP contribution in [0.4, 0.5) is 0 Å². The van der Waals surface area contributed by atoms with Crippen LogP contribution in [0.2, 0.25) is 0 Å². The normalized spacial score (nSPS) is 18.3. The average molecular weight is 331 g/mol. The standard InChI is InChI=1S/C16H21N5OS/c1-10-15(23-9-19-10)16(22)18-8-12-7-17-11(2)20-14(12)13-5-4-6-21(13)3/h7,9,13H,4-6,8H2,1-3H3,(H,18,22)/t13-/m0/s1. The summed E-state index contributed by atoms with van der Waals surface area (Å²) in [6.45, 7) is 5.27. The Balaban J connectivity index is 1.77. The molecule has 1 aliphatic heterocycles. The van der Waals surface area contributed by atoms with Crippen molar-refractivity contribution in [1.82, 2.24) is 25.2 Å². The number of likely N-dealkylation sites (tertiary alicyclic amines) is 1. The molecule has 3 rings (SSSR count). The van der Waals surface area contributed by atoms with Gasteiger partial charge in [-0.1, -0.05) is 0 Å². The van der Waals surface area contributed by atoms with Crippen LogP contribution in [0, 0.1) is 13.8 Å². The van der Waals surface area contributed by atoms with E-state index in [0.29, 0.717) is 17.5 Å². The Morgan fingerprint density at radius 3 is 2.91 bits per heavy atom. The lowest BCUT2D eigenvalue weighted by molar-refractivity contribution is 0.0954. The van der Waals surface area contributed by atoms with Crippen molar-refractivity contribution in [3.8, 4) is 0 Å². The van der Waals surface area contributed by atoms with Crippen molar-refractivity contribution >= 4 is 17.2 Å². The molecule has 1 fully saturated rings. The number of nitrogens with one attached hydrogen (secondary N) is 1. The second kappa shape index (κ2) is 6.72. The van der Waals surface area contributed by atoms with Crippen molar-refractivity contribution < 1.29 is 4.79 Å². The van der Waals surface area contributed by atoms with Crippen molar-refractivity contribution in [2.24, 2.45) is 0 Å². The Labute approximate surface area is 140 Å². The zero-order valence-corrected chi connectivity index (χ0v) is 14.5. The van der Waals surface area contributed by atoms with E-state index < -0.39 is 0 Å². The predicted octanol–water partition coefficient (Wildman–Crippen LogP) is 2.25. The fourth-order valence-electron chi connectivity index (χ4n) is 2.97. The Bertz CT molecular complexity index is 714. The van der Waals surface area contributed by atoms with Crippen molar-refractivity contribution in [1.29, 1.82) is 0 Å². The van der Waals surface area contributed by atoms with Crippen molar-refractivity contribution in [2.45, 2.75) is 39.3 Å². The van der Waals surface area contributed by atoms with Crippen LogP contribution in [0.5, 0.6) is 0 Å². The van der Waals surface area contributed by atoms with Crippen LogP contribution in [-0.4, -0.2) is 39.4 Å². The van der Waals surface area contributed by atoms with Crippen molar-refractivity contribution in [2.75, 3.05) is 13.6 Å². The molecule has 2 aromatic heterocycles. The van der Waals surface area contributed by atoms with Gasteiger partial charge in [0.05, 0.1) is 22.9 Å². The van der Waals surface area contributed by atoms with Crippen LogP contribution in [0.25, 0.3) is 0 Å². The Morgan fingerprint density at radius 1 is 1.43 bits per heavy atom. The summed E-state index contributed by atoms with van der Waals surface area (Å²) in [5.74, 6) is 0.685. The SMILES string of the molecule is Cc1ncc(CNC(=O)c2scnc2C)c([C@@H]2CCCN2C)n1. The minimum atomic E-state index is -0.0868. The third kappa shape index (κ3) is 3.40. The highest BCUT2D eigenvalue weighted by Gasteiger charge is 2.26. The van der Waals surface area contributed by atoms with Crippen LogP contribution in [0.3, 0.4) is 0 Å². The number of carbonyl (C=O) groups excluding carboxylic acids is 1. The lowest BCUT2D eigenvalue weighted by Gasteiger charge is -2.21. The fourth-order valence-corrected chi connectivity index (χ4v) is 3.69. The average Bonchev–Trinajstić information content (AvgIpc) is 3.14. The number of hydrogen-bond acceptors (Lipinski definition) is 6. The van der Waals surface area contributed by atoms with Gasteiger partial charge in [-0.3, -0.25) is 9.69 Å². The number of amides is 1. The van der Waals surface area contributed by atoms with Crippen LogP contribution < -0.4 is 5.32 Å². The molecule has 1 saturated heterocycles. The first-order valence-corrected chi connectivity index (χ1v) is 8.65. The monoisotopic (exact) mass is 331 g/mol. The van der Waals surface area contributed by atoms with E-state index in [4.69, 9.17) is 0 Å². The molecule has 0 radical (unpaired) electrons. The third-order valence-corrected chi connectivity index (χ3v) is 5.17. The van der Waals surface area contributed by atoms with Crippen LogP contribution in [0.1, 0.15) is 51.3 Å². The molecular formula is C16H21N5OS. The van der Waals surface area contributed by atoms with Gasteiger partial charge in [0.15, 0.2) is 0 Å². The molecule has 0 aliphatic carbocycles. The molecule has 7 heteroatoms. The molecule has 0 unspecified atom stereocenters. The van der Waals surface area contributed by atoms with Crippen molar-refractivity contribution in [3.05, 3.63) is 39.4 Å². The highest BCUT2D eigenvalue weighted by Crippen LogP contribution is 2.31. The van der Waals surface area contributed by atoms with Gasteiger partial charge >= 0.3 is 0 Å². The molecule has 0 aromatic carbocycles. The summed E-state index contributed by atoms with van der Waals surface area (Å²) >= 11 is 1.36. The lowest BCUT2D eigenvalue weighted by atomic mass is 10.1. The van der Waals surface area contributed by atoms with E-state index in [1.807, 2.05) is 20.0 Å². The maximum absolute atomic E-state index is 12.3. The Hall–Kier alpha value is -1.86. The molecule has 0 saturated carbocycles. The van der Waals surface area contributed by atoms with E-state index in [1.165, 1.54) is 17.8 Å². The second-order valence-electron chi connectivity index (χ2n) is 5.92. The highest BCUT2D eigenvalue weighted by atomic mass is 32.1. The Morgan fingerprint density at radius 2 is 2.26 bits per heavy atom. The quantitative estimate of drug-likeness (QED) is 0.930. The zero-order chi connectivity index (χ0) is 16.4. The molecule has 1 aliphatic rings. The molecule has 1 amide bonds. The highest BCUT2D eigenvalue weighted by molar-refractivity contribution is 7.11. The van der Waals surface area contributed by atoms with E-state index in [0.717, 1.165) is 35.7 Å². The summed E-state index contributed by atoms with van der Waals surface area (Å²) in [6.07, 6.45) is 4.11. The van der Waals surface area contributed by atoms with Gasteiger partial charge in [0.1, 0.15) is 10.7 Å². The van der Waals surface area contributed by atoms with E-state index in [9.17, 15) is 4.79 Å². The number of carbonyl (C=O) groups is 1. The number of nitrogens with zero attached hydrogens (tertiary/aromatic N) is 4. The summed E-state index contributed by atoms with van der Waals surface area (Å²) < 4.78 is 0. The smallest absolute Gasteiger partial charge is 0.263 e. The maximum atomic E-state index is 12.3. The largest absolute Gasteiger partial charge is 0.347 e. The van der Waals surface area contributed by atoms with E-state index >= 15 is 0 Å². The van der Waals surface area contributed by atoms with Gasteiger partial charge in [-0.25, -0.2) is 15.0 Å². The molecule has 6 nitrogen and oxygen atoms in total. The van der Waals surface area contributed by atoms with Crippen LogP contribution in [0.15, 0.2) is 11.7 Å². The first-order valence-electron chi connectivity index (χ1n) is 7.77. The molecule has 23 heavy (non-hydrogen) atoms. The zero-order valence-electron chi connectivity index (χ0n) is 13.7. The number of thiazole rings is 1. The predicted molar refractivity (Wildman–Crippen MR) is 89.4 cm³/mol. The molecular weight excluding hydrogens is 310 g/mol. The molecule has 1 atom stereocenters.